The average molecular weight is 228 g/mol. The number of aliphatic hydroxyl groups is 1. The Hall–Kier alpha value is -1.06. The summed E-state index contributed by atoms with van der Waals surface area (Å²) in [6, 6.07) is 5.12. The largest absolute Gasteiger partial charge is 0.392 e. The standard InChI is InChI=1S/C11H14ClNO2/c1-7-3-4-9(5-10(7)12)11(15)13-6-8(2)14/h3-5,8,14H,6H2,1-2H3,(H,13,15)/t8-/m1/s1. The minimum Gasteiger partial charge on any atom is -0.392 e. The third kappa shape index (κ3) is 3.53. The van der Waals surface area contributed by atoms with E-state index in [0.717, 1.165) is 5.56 Å². The third-order valence-corrected chi connectivity index (χ3v) is 2.40. The second kappa shape index (κ2) is 5.14. The maximum absolute atomic E-state index is 11.5. The molecule has 2 N–H and O–H groups in total. The summed E-state index contributed by atoms with van der Waals surface area (Å²) in [7, 11) is 0. The highest BCUT2D eigenvalue weighted by Crippen LogP contribution is 2.16. The first-order valence-corrected chi connectivity index (χ1v) is 5.11. The van der Waals surface area contributed by atoms with Crippen molar-refractivity contribution >= 4 is 17.5 Å². The van der Waals surface area contributed by atoms with Gasteiger partial charge in [-0.2, -0.15) is 0 Å². The molecule has 82 valence electrons. The number of hydrogen-bond donors (Lipinski definition) is 2. The van der Waals surface area contributed by atoms with Gasteiger partial charge in [0.05, 0.1) is 6.10 Å². The number of nitrogens with one attached hydrogen (secondary N) is 1. The van der Waals surface area contributed by atoms with Gasteiger partial charge in [-0.05, 0) is 31.5 Å². The Labute approximate surface area is 94.1 Å². The lowest BCUT2D eigenvalue weighted by Gasteiger charge is -2.07. The Morgan fingerprint density at radius 3 is 2.80 bits per heavy atom. The van der Waals surface area contributed by atoms with Gasteiger partial charge in [-0.25, -0.2) is 0 Å². The molecule has 15 heavy (non-hydrogen) atoms. The summed E-state index contributed by atoms with van der Waals surface area (Å²) in [6.07, 6.45) is -0.546. The molecule has 1 aromatic carbocycles. The molecule has 0 unspecified atom stereocenters. The predicted octanol–water partition coefficient (Wildman–Crippen LogP) is 1.76. The van der Waals surface area contributed by atoms with Gasteiger partial charge in [0.15, 0.2) is 0 Å². The average Bonchev–Trinajstić information content (AvgIpc) is 2.18. The lowest BCUT2D eigenvalue weighted by Crippen LogP contribution is -2.30. The summed E-state index contributed by atoms with van der Waals surface area (Å²) in [4.78, 5) is 11.5. The van der Waals surface area contributed by atoms with E-state index < -0.39 is 6.10 Å². The zero-order valence-corrected chi connectivity index (χ0v) is 9.51. The molecule has 0 aliphatic carbocycles. The molecule has 1 rings (SSSR count). The van der Waals surface area contributed by atoms with Crippen molar-refractivity contribution in [3.05, 3.63) is 34.3 Å². The maximum atomic E-state index is 11.5. The van der Waals surface area contributed by atoms with Crippen LogP contribution in [0.25, 0.3) is 0 Å². The maximum Gasteiger partial charge on any atom is 0.251 e. The zero-order chi connectivity index (χ0) is 11.4. The summed E-state index contributed by atoms with van der Waals surface area (Å²) < 4.78 is 0. The van der Waals surface area contributed by atoms with Gasteiger partial charge >= 0.3 is 0 Å². The normalized spacial score (nSPS) is 12.3. The molecule has 1 aromatic rings. The van der Waals surface area contributed by atoms with Crippen LogP contribution in [0.15, 0.2) is 18.2 Å². The first-order valence-electron chi connectivity index (χ1n) is 4.73. The molecule has 0 bridgehead atoms. The summed E-state index contributed by atoms with van der Waals surface area (Å²) >= 11 is 5.89. The number of benzene rings is 1. The Bertz CT molecular complexity index is 364. The fraction of sp³-hybridized carbons (Fsp3) is 0.364. The van der Waals surface area contributed by atoms with Crippen molar-refractivity contribution < 1.29 is 9.90 Å². The highest BCUT2D eigenvalue weighted by atomic mass is 35.5. The van der Waals surface area contributed by atoms with E-state index in [4.69, 9.17) is 16.7 Å². The van der Waals surface area contributed by atoms with E-state index in [1.54, 1.807) is 25.1 Å². The second-order valence-corrected chi connectivity index (χ2v) is 3.93. The molecule has 1 amide bonds. The van der Waals surface area contributed by atoms with Gasteiger partial charge in [-0.1, -0.05) is 17.7 Å². The Balaban J connectivity index is 2.70. The smallest absolute Gasteiger partial charge is 0.251 e. The second-order valence-electron chi connectivity index (χ2n) is 3.52. The molecular formula is C11H14ClNO2. The van der Waals surface area contributed by atoms with Crippen LogP contribution in [0.1, 0.15) is 22.8 Å². The van der Waals surface area contributed by atoms with Gasteiger partial charge in [0.2, 0.25) is 0 Å². The van der Waals surface area contributed by atoms with Crippen LogP contribution in [0.2, 0.25) is 5.02 Å². The minimum atomic E-state index is -0.546. The van der Waals surface area contributed by atoms with Gasteiger partial charge in [0.1, 0.15) is 0 Å². The van der Waals surface area contributed by atoms with Crippen LogP contribution < -0.4 is 5.32 Å². The molecule has 0 heterocycles. The molecule has 0 saturated heterocycles. The highest BCUT2D eigenvalue weighted by Gasteiger charge is 2.07. The number of rotatable bonds is 3. The molecule has 0 aliphatic heterocycles. The highest BCUT2D eigenvalue weighted by molar-refractivity contribution is 6.31. The summed E-state index contributed by atoms with van der Waals surface area (Å²) in [5, 5.41) is 12.2. The van der Waals surface area contributed by atoms with Crippen LogP contribution in [0.4, 0.5) is 0 Å². The molecule has 0 aromatic heterocycles. The van der Waals surface area contributed by atoms with Crippen molar-refractivity contribution in [3.63, 3.8) is 0 Å². The van der Waals surface area contributed by atoms with E-state index in [1.165, 1.54) is 0 Å². The number of aryl methyl sites for hydroxylation is 1. The fourth-order valence-electron chi connectivity index (χ4n) is 1.08. The number of carbonyl (C=O) groups is 1. The number of halogens is 1. The van der Waals surface area contributed by atoms with E-state index in [-0.39, 0.29) is 12.5 Å². The van der Waals surface area contributed by atoms with Crippen LogP contribution in [-0.4, -0.2) is 23.7 Å². The van der Waals surface area contributed by atoms with E-state index in [1.807, 2.05) is 6.92 Å². The van der Waals surface area contributed by atoms with Crippen LogP contribution >= 0.6 is 11.6 Å². The first kappa shape index (κ1) is 12.0. The van der Waals surface area contributed by atoms with Crippen LogP contribution in [0, 0.1) is 6.92 Å². The van der Waals surface area contributed by atoms with Crippen molar-refractivity contribution in [2.45, 2.75) is 20.0 Å². The van der Waals surface area contributed by atoms with Crippen LogP contribution in [0.3, 0.4) is 0 Å². The van der Waals surface area contributed by atoms with E-state index >= 15 is 0 Å². The molecular weight excluding hydrogens is 214 g/mol. The van der Waals surface area contributed by atoms with E-state index in [0.29, 0.717) is 10.6 Å². The van der Waals surface area contributed by atoms with Gasteiger partial charge in [0.25, 0.3) is 5.91 Å². The molecule has 0 radical (unpaired) electrons. The molecule has 1 atom stereocenters. The van der Waals surface area contributed by atoms with E-state index in [9.17, 15) is 4.79 Å². The molecule has 3 nitrogen and oxygen atoms in total. The van der Waals surface area contributed by atoms with Crippen molar-refractivity contribution in [2.75, 3.05) is 6.54 Å². The monoisotopic (exact) mass is 227 g/mol. The Kier molecular flexibility index (Phi) is 4.12. The third-order valence-electron chi connectivity index (χ3n) is 1.99. The zero-order valence-electron chi connectivity index (χ0n) is 8.75. The van der Waals surface area contributed by atoms with Gasteiger partial charge in [-0.3, -0.25) is 4.79 Å². The molecule has 4 heteroatoms. The number of amides is 1. The van der Waals surface area contributed by atoms with Gasteiger partial charge in [-0.15, -0.1) is 0 Å². The van der Waals surface area contributed by atoms with Crippen LogP contribution in [0.5, 0.6) is 0 Å². The van der Waals surface area contributed by atoms with E-state index in [2.05, 4.69) is 5.32 Å². The quantitative estimate of drug-likeness (QED) is 0.827. The predicted molar refractivity (Wildman–Crippen MR) is 60.2 cm³/mol. The Morgan fingerprint density at radius 1 is 1.60 bits per heavy atom. The first-order chi connectivity index (χ1) is 7.00. The topological polar surface area (TPSA) is 49.3 Å². The van der Waals surface area contributed by atoms with Crippen LogP contribution in [-0.2, 0) is 0 Å². The van der Waals surface area contributed by atoms with Gasteiger partial charge < -0.3 is 10.4 Å². The molecule has 0 aliphatic rings. The lowest BCUT2D eigenvalue weighted by atomic mass is 10.1. The minimum absolute atomic E-state index is 0.224. The van der Waals surface area contributed by atoms with Crippen molar-refractivity contribution in [1.29, 1.82) is 0 Å². The summed E-state index contributed by atoms with van der Waals surface area (Å²) in [6.45, 7) is 3.73. The SMILES string of the molecule is Cc1ccc(C(=O)NC[C@@H](C)O)cc1Cl. The number of aliphatic hydroxyl groups excluding tert-OH is 1. The molecule has 0 spiro atoms. The molecule has 0 fully saturated rings. The number of carbonyl (C=O) groups excluding carboxylic acids is 1. The van der Waals surface area contributed by atoms with Crippen molar-refractivity contribution in [2.24, 2.45) is 0 Å². The summed E-state index contributed by atoms with van der Waals surface area (Å²) in [5.41, 5.74) is 1.44. The Morgan fingerprint density at radius 2 is 2.27 bits per heavy atom. The van der Waals surface area contributed by atoms with Crippen molar-refractivity contribution in [1.82, 2.24) is 5.32 Å². The lowest BCUT2D eigenvalue weighted by molar-refractivity contribution is 0.0924. The molecule has 0 saturated carbocycles. The summed E-state index contributed by atoms with van der Waals surface area (Å²) in [5.74, 6) is -0.224. The fourth-order valence-corrected chi connectivity index (χ4v) is 1.26. The van der Waals surface area contributed by atoms with Gasteiger partial charge in [0, 0.05) is 17.1 Å². The van der Waals surface area contributed by atoms with Crippen molar-refractivity contribution in [3.8, 4) is 0 Å². The number of hydrogen-bond acceptors (Lipinski definition) is 2.